The number of amides is 2. The minimum Gasteiger partial charge on any atom is -0.387 e. The second-order valence-corrected chi connectivity index (χ2v) is 13.9. The van der Waals surface area contributed by atoms with Crippen molar-refractivity contribution in [3.63, 3.8) is 0 Å². The van der Waals surface area contributed by atoms with Gasteiger partial charge in [-0.25, -0.2) is 0 Å². The van der Waals surface area contributed by atoms with Gasteiger partial charge in [-0.1, -0.05) is 36.4 Å². The zero-order valence-electron chi connectivity index (χ0n) is 27.5. The van der Waals surface area contributed by atoms with Crippen LogP contribution in [-0.2, 0) is 37.7 Å². The number of ether oxygens (including phenoxy) is 2. The summed E-state index contributed by atoms with van der Waals surface area (Å²) in [6, 6.07) is 13.4. The van der Waals surface area contributed by atoms with Crippen LogP contribution in [0.1, 0.15) is 60.9 Å². The average Bonchev–Trinajstić information content (AvgIpc) is 3.37. The van der Waals surface area contributed by atoms with Crippen molar-refractivity contribution in [2.24, 2.45) is 0 Å². The highest BCUT2D eigenvalue weighted by Gasteiger charge is 2.71. The Balaban J connectivity index is 1.18. The van der Waals surface area contributed by atoms with Crippen molar-refractivity contribution in [3.05, 3.63) is 70.3 Å². The van der Waals surface area contributed by atoms with Crippen molar-refractivity contribution in [2.45, 2.75) is 94.2 Å². The molecule has 2 aromatic rings. The molecule has 46 heavy (non-hydrogen) atoms. The topological polar surface area (TPSA) is 152 Å². The molecule has 2 amide bonds. The molecule has 3 aliphatic rings. The number of likely N-dealkylation sites (tertiary alicyclic amines) is 1. The summed E-state index contributed by atoms with van der Waals surface area (Å²) < 4.78 is 12.2. The Morgan fingerprint density at radius 3 is 2.39 bits per heavy atom. The van der Waals surface area contributed by atoms with E-state index in [0.29, 0.717) is 44.3 Å². The first-order valence-electron chi connectivity index (χ1n) is 16.2. The Labute approximate surface area is 271 Å². The Hall–Kier alpha value is -2.90. The first kappa shape index (κ1) is 34.4. The van der Waals surface area contributed by atoms with Gasteiger partial charge in [0.25, 0.3) is 0 Å². The molecule has 1 unspecified atom stereocenters. The Morgan fingerprint density at radius 2 is 1.76 bits per heavy atom. The minimum atomic E-state index is -1.74. The molecule has 11 nitrogen and oxygen atoms in total. The van der Waals surface area contributed by atoms with Gasteiger partial charge in [-0.05, 0) is 88.9 Å². The molecule has 6 atom stereocenters. The average molecular weight is 640 g/mol. The highest BCUT2D eigenvalue weighted by Crippen LogP contribution is 2.53. The van der Waals surface area contributed by atoms with E-state index in [1.165, 1.54) is 13.8 Å². The molecule has 252 valence electrons. The van der Waals surface area contributed by atoms with Crippen LogP contribution in [0.5, 0.6) is 0 Å². The molecule has 2 bridgehead atoms. The number of fused-ring (bicyclic) bond motifs is 2. The third-order valence-corrected chi connectivity index (χ3v) is 9.91. The summed E-state index contributed by atoms with van der Waals surface area (Å²) in [6.45, 7) is 6.71. The van der Waals surface area contributed by atoms with Gasteiger partial charge in [-0.3, -0.25) is 9.59 Å². The lowest BCUT2D eigenvalue weighted by Gasteiger charge is -2.50. The van der Waals surface area contributed by atoms with Crippen LogP contribution in [0.25, 0.3) is 0 Å². The standard InChI is InChI=1S/C35H49N3O8/c1-22-9-14-26(35-31(42)29(40)30(41)34(46-35,21-45-35)33(2,3)44)20-25(22)19-24-12-10-23(11-13-24)7-6-8-28(39)38-17-15-27(38)32(43)36-16-18-37(4)5/h9-14,20,27,29-31,40-42,44H,6-8,15-19,21H2,1-5H3,(H,36,43)/t27?,29-,30-,31+,34-,35-/m0/s1. The molecule has 0 aliphatic carbocycles. The lowest BCUT2D eigenvalue weighted by Crippen LogP contribution is -2.70. The van der Waals surface area contributed by atoms with Gasteiger partial charge in [0.15, 0.2) is 5.60 Å². The van der Waals surface area contributed by atoms with Crippen molar-refractivity contribution >= 4 is 11.8 Å². The van der Waals surface area contributed by atoms with Crippen LogP contribution >= 0.6 is 0 Å². The molecule has 5 N–H and O–H groups in total. The molecule has 0 saturated carbocycles. The zero-order chi connectivity index (χ0) is 33.4. The SMILES string of the molecule is Cc1ccc([C@]23OC[C@](C(C)(C)O)(O2)[C@@H](O)[C@H](O)[C@H]3O)cc1Cc1ccc(CCCC(=O)N2CCC2C(=O)NCCN(C)C)cc1. The highest BCUT2D eigenvalue weighted by atomic mass is 16.8. The summed E-state index contributed by atoms with van der Waals surface area (Å²) in [6.07, 6.45) is -1.55. The van der Waals surface area contributed by atoms with Crippen molar-refractivity contribution in [3.8, 4) is 0 Å². The number of rotatable bonds is 12. The zero-order valence-corrected chi connectivity index (χ0v) is 27.5. The van der Waals surface area contributed by atoms with E-state index in [9.17, 15) is 30.0 Å². The van der Waals surface area contributed by atoms with Gasteiger partial charge < -0.3 is 45.0 Å². The molecular weight excluding hydrogens is 590 g/mol. The largest absolute Gasteiger partial charge is 0.387 e. The predicted molar refractivity (Wildman–Crippen MR) is 171 cm³/mol. The fourth-order valence-electron chi connectivity index (χ4n) is 6.67. The Kier molecular flexibility index (Phi) is 9.96. The number of hydrogen-bond acceptors (Lipinski definition) is 9. The van der Waals surface area contributed by atoms with Crippen molar-refractivity contribution < 1.29 is 39.5 Å². The number of nitrogens with zero attached hydrogens (tertiary/aromatic N) is 2. The summed E-state index contributed by atoms with van der Waals surface area (Å²) in [5, 5.41) is 46.4. The number of likely N-dealkylation sites (N-methyl/N-ethyl adjacent to an activating group) is 1. The number of benzene rings is 2. The van der Waals surface area contributed by atoms with E-state index in [1.54, 1.807) is 11.0 Å². The van der Waals surface area contributed by atoms with Crippen LogP contribution in [0.2, 0.25) is 0 Å². The van der Waals surface area contributed by atoms with E-state index in [1.807, 2.05) is 38.1 Å². The summed E-state index contributed by atoms with van der Waals surface area (Å²) >= 11 is 0. The first-order valence-corrected chi connectivity index (χ1v) is 16.2. The highest BCUT2D eigenvalue weighted by molar-refractivity contribution is 5.89. The normalized spacial score (nSPS) is 29.1. The van der Waals surface area contributed by atoms with E-state index < -0.39 is 35.3 Å². The lowest BCUT2D eigenvalue weighted by atomic mass is 9.75. The molecule has 3 heterocycles. The second kappa shape index (κ2) is 13.3. The second-order valence-electron chi connectivity index (χ2n) is 13.9. The molecule has 3 saturated heterocycles. The molecule has 3 fully saturated rings. The Bertz CT molecular complexity index is 1410. The molecule has 2 aromatic carbocycles. The third-order valence-electron chi connectivity index (χ3n) is 9.91. The fourth-order valence-corrected chi connectivity index (χ4v) is 6.67. The fraction of sp³-hybridized carbons (Fsp3) is 0.600. The molecule has 0 aromatic heterocycles. The molecule has 11 heteroatoms. The lowest BCUT2D eigenvalue weighted by molar-refractivity contribution is -0.348. The third kappa shape index (κ3) is 6.47. The number of hydrogen-bond donors (Lipinski definition) is 5. The first-order chi connectivity index (χ1) is 21.7. The number of aryl methyl sites for hydroxylation is 2. The number of carbonyl (C=O) groups is 2. The van der Waals surface area contributed by atoms with Crippen LogP contribution < -0.4 is 5.32 Å². The van der Waals surface area contributed by atoms with Crippen LogP contribution in [0, 0.1) is 6.92 Å². The van der Waals surface area contributed by atoms with Gasteiger partial charge in [0, 0.05) is 31.6 Å². The maximum absolute atomic E-state index is 12.8. The maximum Gasteiger partial charge on any atom is 0.242 e. The number of carbonyl (C=O) groups excluding carboxylic acids is 2. The maximum atomic E-state index is 12.8. The number of aliphatic hydroxyl groups is 4. The van der Waals surface area contributed by atoms with E-state index in [4.69, 9.17) is 9.47 Å². The van der Waals surface area contributed by atoms with Gasteiger partial charge in [0.1, 0.15) is 24.4 Å². The predicted octanol–water partition coefficient (Wildman–Crippen LogP) is 0.993. The van der Waals surface area contributed by atoms with Gasteiger partial charge in [0.2, 0.25) is 17.6 Å². The van der Waals surface area contributed by atoms with Crippen LogP contribution in [0.15, 0.2) is 42.5 Å². The monoisotopic (exact) mass is 639 g/mol. The van der Waals surface area contributed by atoms with E-state index in [-0.39, 0.29) is 24.5 Å². The molecule has 0 spiro atoms. The molecule has 3 aliphatic heterocycles. The number of nitrogens with one attached hydrogen (secondary N) is 1. The van der Waals surface area contributed by atoms with Gasteiger partial charge in [-0.15, -0.1) is 0 Å². The minimum absolute atomic E-state index is 0.0191. The Morgan fingerprint density at radius 1 is 1.07 bits per heavy atom. The van der Waals surface area contributed by atoms with Crippen LogP contribution in [-0.4, -0.2) is 118 Å². The van der Waals surface area contributed by atoms with Gasteiger partial charge in [-0.2, -0.15) is 0 Å². The van der Waals surface area contributed by atoms with Crippen LogP contribution in [0.3, 0.4) is 0 Å². The van der Waals surface area contributed by atoms with Gasteiger partial charge in [0.05, 0.1) is 12.2 Å². The van der Waals surface area contributed by atoms with Crippen molar-refractivity contribution in [1.82, 2.24) is 15.1 Å². The van der Waals surface area contributed by atoms with Crippen molar-refractivity contribution in [1.29, 1.82) is 0 Å². The summed E-state index contributed by atoms with van der Waals surface area (Å²) in [4.78, 5) is 28.9. The summed E-state index contributed by atoms with van der Waals surface area (Å²) in [7, 11) is 3.90. The van der Waals surface area contributed by atoms with E-state index >= 15 is 0 Å². The summed E-state index contributed by atoms with van der Waals surface area (Å²) in [5.74, 6) is -1.80. The van der Waals surface area contributed by atoms with E-state index in [2.05, 4.69) is 29.6 Å². The van der Waals surface area contributed by atoms with Crippen molar-refractivity contribution in [2.75, 3.05) is 40.3 Å². The summed E-state index contributed by atoms with van der Waals surface area (Å²) in [5.41, 5.74) is 1.51. The quantitative estimate of drug-likeness (QED) is 0.229. The molecular formula is C35H49N3O8. The molecule has 0 radical (unpaired) electrons. The smallest absolute Gasteiger partial charge is 0.242 e. The molecule has 5 rings (SSSR count). The number of aliphatic hydroxyl groups excluding tert-OH is 3. The van der Waals surface area contributed by atoms with Gasteiger partial charge >= 0.3 is 0 Å². The van der Waals surface area contributed by atoms with E-state index in [0.717, 1.165) is 35.2 Å². The van der Waals surface area contributed by atoms with Crippen LogP contribution in [0.4, 0.5) is 0 Å².